The first-order valence-electron chi connectivity index (χ1n) is 10.6. The summed E-state index contributed by atoms with van der Waals surface area (Å²) in [5.74, 6) is 1.98. The lowest BCUT2D eigenvalue weighted by Gasteiger charge is -2.26. The quantitative estimate of drug-likeness (QED) is 0.427. The Labute approximate surface area is 179 Å². The Morgan fingerprint density at radius 2 is 1.97 bits per heavy atom. The fourth-order valence-electron chi connectivity index (χ4n) is 4.15. The van der Waals surface area contributed by atoms with Gasteiger partial charge in [0.2, 0.25) is 5.95 Å². The molecule has 2 aliphatic rings. The first kappa shape index (κ1) is 19.7. The van der Waals surface area contributed by atoms with Crippen molar-refractivity contribution in [1.82, 2.24) is 15.0 Å². The van der Waals surface area contributed by atoms with E-state index in [-0.39, 0.29) is 12.5 Å². The third kappa shape index (κ3) is 3.99. The number of anilines is 2. The number of nitrogens with zero attached hydrogens (tertiary/aromatic N) is 3. The molecule has 5 rings (SSSR count). The fourth-order valence-corrected chi connectivity index (χ4v) is 5.21. The SMILES string of the molecule is Cc1nc(NCC2CC2)nc(N[C@@]2(O)CC[C@H](CO)C2)c1-c1nc2ccccc2s1. The third-order valence-electron chi connectivity index (χ3n) is 6.05. The van der Waals surface area contributed by atoms with Crippen molar-refractivity contribution in [3.63, 3.8) is 0 Å². The Morgan fingerprint density at radius 3 is 2.70 bits per heavy atom. The molecule has 2 saturated carbocycles. The van der Waals surface area contributed by atoms with E-state index >= 15 is 0 Å². The Hall–Kier alpha value is -2.29. The van der Waals surface area contributed by atoms with Gasteiger partial charge in [0.15, 0.2) is 0 Å². The smallest absolute Gasteiger partial charge is 0.224 e. The van der Waals surface area contributed by atoms with Gasteiger partial charge in [0.05, 0.1) is 21.5 Å². The average molecular weight is 426 g/mol. The van der Waals surface area contributed by atoms with Crippen molar-refractivity contribution >= 4 is 33.3 Å². The zero-order valence-electron chi connectivity index (χ0n) is 17.1. The van der Waals surface area contributed by atoms with Gasteiger partial charge in [-0.15, -0.1) is 11.3 Å². The monoisotopic (exact) mass is 425 g/mol. The number of nitrogens with one attached hydrogen (secondary N) is 2. The van der Waals surface area contributed by atoms with Crippen molar-refractivity contribution in [2.24, 2.45) is 11.8 Å². The molecule has 3 aromatic rings. The maximum Gasteiger partial charge on any atom is 0.224 e. The molecule has 2 fully saturated rings. The molecule has 2 atom stereocenters. The zero-order valence-corrected chi connectivity index (χ0v) is 17.9. The van der Waals surface area contributed by atoms with Gasteiger partial charge >= 0.3 is 0 Å². The number of benzene rings is 1. The molecule has 2 aliphatic carbocycles. The van der Waals surface area contributed by atoms with E-state index in [0.29, 0.717) is 30.5 Å². The Morgan fingerprint density at radius 1 is 1.13 bits per heavy atom. The van der Waals surface area contributed by atoms with Crippen LogP contribution in [0.5, 0.6) is 0 Å². The van der Waals surface area contributed by atoms with Crippen molar-refractivity contribution in [3.8, 4) is 10.6 Å². The number of hydrogen-bond donors (Lipinski definition) is 4. The topological polar surface area (TPSA) is 103 Å². The van der Waals surface area contributed by atoms with Crippen LogP contribution < -0.4 is 10.6 Å². The molecule has 0 bridgehead atoms. The van der Waals surface area contributed by atoms with Crippen LogP contribution in [0.1, 0.15) is 37.8 Å². The molecule has 30 heavy (non-hydrogen) atoms. The summed E-state index contributed by atoms with van der Waals surface area (Å²) in [6, 6.07) is 8.05. The summed E-state index contributed by atoms with van der Waals surface area (Å²) < 4.78 is 1.11. The van der Waals surface area contributed by atoms with Crippen LogP contribution in [0.3, 0.4) is 0 Å². The summed E-state index contributed by atoms with van der Waals surface area (Å²) in [7, 11) is 0. The molecule has 2 heterocycles. The second-order valence-corrected chi connectivity index (χ2v) is 9.65. The minimum absolute atomic E-state index is 0.0890. The van der Waals surface area contributed by atoms with Gasteiger partial charge < -0.3 is 20.8 Å². The van der Waals surface area contributed by atoms with Gasteiger partial charge in [0, 0.05) is 13.2 Å². The van der Waals surface area contributed by atoms with Crippen LogP contribution >= 0.6 is 11.3 Å². The molecule has 158 valence electrons. The number of aryl methyl sites for hydroxylation is 1. The highest BCUT2D eigenvalue weighted by Crippen LogP contribution is 2.40. The molecule has 0 unspecified atom stereocenters. The van der Waals surface area contributed by atoms with E-state index in [1.165, 1.54) is 12.8 Å². The molecule has 0 aliphatic heterocycles. The van der Waals surface area contributed by atoms with E-state index in [4.69, 9.17) is 15.0 Å². The Balaban J connectivity index is 1.53. The van der Waals surface area contributed by atoms with Crippen LogP contribution in [-0.2, 0) is 0 Å². The summed E-state index contributed by atoms with van der Waals surface area (Å²) in [4.78, 5) is 14.2. The Kier molecular flexibility index (Phi) is 5.08. The van der Waals surface area contributed by atoms with Crippen LogP contribution in [0.15, 0.2) is 24.3 Å². The lowest BCUT2D eigenvalue weighted by atomic mass is 10.1. The van der Waals surface area contributed by atoms with Gasteiger partial charge in [0.25, 0.3) is 0 Å². The van der Waals surface area contributed by atoms with Crippen molar-refractivity contribution in [3.05, 3.63) is 30.0 Å². The first-order chi connectivity index (χ1) is 14.5. The number of fused-ring (bicyclic) bond motifs is 1. The van der Waals surface area contributed by atoms with Crippen molar-refractivity contribution in [1.29, 1.82) is 0 Å². The van der Waals surface area contributed by atoms with Crippen molar-refractivity contribution in [2.75, 3.05) is 23.8 Å². The van der Waals surface area contributed by atoms with Gasteiger partial charge in [-0.1, -0.05) is 12.1 Å². The summed E-state index contributed by atoms with van der Waals surface area (Å²) in [6.07, 6.45) is 4.36. The van der Waals surface area contributed by atoms with Crippen molar-refractivity contribution < 1.29 is 10.2 Å². The number of thiazole rings is 1. The molecule has 0 spiro atoms. The number of aliphatic hydroxyl groups excluding tert-OH is 1. The standard InChI is InChI=1S/C22H27N5O2S/c1-13-18(20-25-16-4-2-3-5-17(16)30-20)19(26-21(24-13)23-11-14-6-7-14)27-22(29)9-8-15(10-22)12-28/h2-5,14-15,28-29H,6-12H2,1H3,(H2,23,24,26,27)/t15-,22+/m0/s1. The fraction of sp³-hybridized carbons (Fsp3) is 0.500. The van der Waals surface area contributed by atoms with Crippen LogP contribution in [-0.4, -0.2) is 44.0 Å². The van der Waals surface area contributed by atoms with E-state index in [0.717, 1.165) is 39.4 Å². The minimum Gasteiger partial charge on any atom is -0.396 e. The molecule has 0 radical (unpaired) electrons. The molecule has 1 aromatic carbocycles. The number of hydrogen-bond acceptors (Lipinski definition) is 8. The van der Waals surface area contributed by atoms with Gasteiger partial charge in [-0.2, -0.15) is 4.98 Å². The lowest BCUT2D eigenvalue weighted by Crippen LogP contribution is -2.36. The van der Waals surface area contributed by atoms with Crippen LogP contribution in [0.4, 0.5) is 11.8 Å². The maximum absolute atomic E-state index is 11.1. The van der Waals surface area contributed by atoms with Crippen molar-refractivity contribution in [2.45, 2.75) is 44.8 Å². The number of rotatable bonds is 7. The molecule has 4 N–H and O–H groups in total. The molecular formula is C22H27N5O2S. The second-order valence-electron chi connectivity index (χ2n) is 8.62. The Bertz CT molecular complexity index is 1030. The van der Waals surface area contributed by atoms with E-state index in [1.807, 2.05) is 25.1 Å². The zero-order chi connectivity index (χ0) is 20.7. The number of aliphatic hydroxyl groups is 2. The van der Waals surface area contributed by atoms with Gasteiger partial charge in [-0.3, -0.25) is 0 Å². The molecule has 0 saturated heterocycles. The van der Waals surface area contributed by atoms with E-state index in [2.05, 4.69) is 16.7 Å². The van der Waals surface area contributed by atoms with Gasteiger partial charge in [0.1, 0.15) is 16.6 Å². The van der Waals surface area contributed by atoms with E-state index in [1.54, 1.807) is 11.3 Å². The summed E-state index contributed by atoms with van der Waals surface area (Å²) in [6.45, 7) is 2.92. The maximum atomic E-state index is 11.1. The largest absolute Gasteiger partial charge is 0.396 e. The van der Waals surface area contributed by atoms with Crippen LogP contribution in [0.25, 0.3) is 20.8 Å². The van der Waals surface area contributed by atoms with Gasteiger partial charge in [-0.25, -0.2) is 9.97 Å². The third-order valence-corrected chi connectivity index (χ3v) is 7.10. The van der Waals surface area contributed by atoms with Crippen LogP contribution in [0, 0.1) is 18.8 Å². The summed E-state index contributed by atoms with van der Waals surface area (Å²) in [5.41, 5.74) is 1.51. The first-order valence-corrected chi connectivity index (χ1v) is 11.4. The van der Waals surface area contributed by atoms with Crippen LogP contribution in [0.2, 0.25) is 0 Å². The molecule has 2 aromatic heterocycles. The summed E-state index contributed by atoms with van der Waals surface area (Å²) in [5, 5.41) is 28.1. The normalized spacial score (nSPS) is 23.8. The second kappa shape index (κ2) is 7.76. The molecule has 8 heteroatoms. The minimum atomic E-state index is -1.09. The highest BCUT2D eigenvalue weighted by atomic mass is 32.1. The predicted molar refractivity (Wildman–Crippen MR) is 120 cm³/mol. The number of para-hydroxylation sites is 1. The number of aromatic nitrogens is 3. The molecular weight excluding hydrogens is 398 g/mol. The van der Waals surface area contributed by atoms with E-state index < -0.39 is 5.72 Å². The predicted octanol–water partition coefficient (Wildman–Crippen LogP) is 3.78. The van der Waals surface area contributed by atoms with Gasteiger partial charge in [-0.05, 0) is 63.0 Å². The molecule has 7 nitrogen and oxygen atoms in total. The molecule has 0 amide bonds. The summed E-state index contributed by atoms with van der Waals surface area (Å²) >= 11 is 1.60. The average Bonchev–Trinajstić information content (AvgIpc) is 3.34. The van der Waals surface area contributed by atoms with E-state index in [9.17, 15) is 10.2 Å². The highest BCUT2D eigenvalue weighted by molar-refractivity contribution is 7.21. The highest BCUT2D eigenvalue weighted by Gasteiger charge is 2.38. The lowest BCUT2D eigenvalue weighted by molar-refractivity contribution is 0.0683.